The van der Waals surface area contributed by atoms with E-state index in [4.69, 9.17) is 0 Å². The van der Waals surface area contributed by atoms with Crippen molar-refractivity contribution in [3.63, 3.8) is 0 Å². The summed E-state index contributed by atoms with van der Waals surface area (Å²) in [5.41, 5.74) is 2.37. The zero-order valence-corrected chi connectivity index (χ0v) is 17.0. The highest BCUT2D eigenvalue weighted by Crippen LogP contribution is 2.46. The van der Waals surface area contributed by atoms with Crippen LogP contribution >= 0.6 is 0 Å². The van der Waals surface area contributed by atoms with Crippen LogP contribution in [0.15, 0.2) is 48.5 Å². The summed E-state index contributed by atoms with van der Waals surface area (Å²) in [6.07, 6.45) is 0. The fraction of sp³-hybridized carbons (Fsp3) is 0.391. The van der Waals surface area contributed by atoms with E-state index >= 15 is 0 Å². The van der Waals surface area contributed by atoms with Gasteiger partial charge in [0, 0.05) is 45.6 Å². The Kier molecular flexibility index (Phi) is 5.03. The minimum Gasteiger partial charge on any atom is -0.338 e. The second-order valence-electron chi connectivity index (χ2n) is 8.24. The number of fused-ring (bicyclic) bond motifs is 1. The molecule has 0 spiro atoms. The van der Waals surface area contributed by atoms with Crippen molar-refractivity contribution in [2.75, 3.05) is 33.7 Å². The molecule has 2 aromatic carbocycles. The predicted molar refractivity (Wildman–Crippen MR) is 109 cm³/mol. The van der Waals surface area contributed by atoms with Crippen LogP contribution in [-0.2, 0) is 0 Å². The summed E-state index contributed by atoms with van der Waals surface area (Å²) in [6, 6.07) is 14.1. The molecule has 2 fully saturated rings. The molecule has 152 valence electrons. The van der Waals surface area contributed by atoms with E-state index in [2.05, 4.69) is 19.1 Å². The molecule has 0 saturated carbocycles. The zero-order valence-electron chi connectivity index (χ0n) is 17.0. The van der Waals surface area contributed by atoms with E-state index in [1.807, 2.05) is 17.0 Å². The molecule has 3 atom stereocenters. The molecule has 2 aliphatic heterocycles. The topological polar surface area (TPSA) is 43.9 Å². The van der Waals surface area contributed by atoms with Gasteiger partial charge in [0.25, 0.3) is 5.91 Å². The third-order valence-corrected chi connectivity index (χ3v) is 6.19. The molecule has 0 aromatic heterocycles. The first-order chi connectivity index (χ1) is 13.9. The molecule has 5 nitrogen and oxygen atoms in total. The molecule has 4 rings (SSSR count). The van der Waals surface area contributed by atoms with Crippen molar-refractivity contribution in [3.8, 4) is 0 Å². The van der Waals surface area contributed by atoms with Crippen molar-refractivity contribution >= 4 is 11.9 Å². The minimum atomic E-state index is -0.491. The van der Waals surface area contributed by atoms with E-state index in [1.54, 1.807) is 36.0 Å². The Morgan fingerprint density at radius 3 is 2.38 bits per heavy atom. The van der Waals surface area contributed by atoms with Gasteiger partial charge in [-0.15, -0.1) is 0 Å². The summed E-state index contributed by atoms with van der Waals surface area (Å²) in [5, 5.41) is 0. The van der Waals surface area contributed by atoms with E-state index in [0.29, 0.717) is 19.6 Å². The highest BCUT2D eigenvalue weighted by atomic mass is 19.1. The maximum Gasteiger partial charge on any atom is 0.320 e. The number of hydrogen-bond donors (Lipinski definition) is 0. The third kappa shape index (κ3) is 3.37. The lowest BCUT2D eigenvalue weighted by Gasteiger charge is -2.32. The van der Waals surface area contributed by atoms with Gasteiger partial charge in [0.15, 0.2) is 0 Å². The second kappa shape index (κ2) is 7.50. The van der Waals surface area contributed by atoms with Crippen LogP contribution in [0.25, 0.3) is 0 Å². The van der Waals surface area contributed by atoms with Gasteiger partial charge in [-0.25, -0.2) is 9.18 Å². The van der Waals surface area contributed by atoms with Crippen LogP contribution in [-0.4, -0.2) is 60.4 Å². The normalized spacial score (nSPS) is 23.2. The van der Waals surface area contributed by atoms with Gasteiger partial charge in [0.05, 0.1) is 11.6 Å². The highest BCUT2D eigenvalue weighted by molar-refractivity contribution is 5.94. The van der Waals surface area contributed by atoms with Gasteiger partial charge in [-0.05, 0) is 30.2 Å². The van der Waals surface area contributed by atoms with E-state index in [-0.39, 0.29) is 35.4 Å². The Hall–Kier alpha value is -2.89. The van der Waals surface area contributed by atoms with E-state index in [9.17, 15) is 14.0 Å². The number of carbonyl (C=O) groups is 2. The maximum absolute atomic E-state index is 14.1. The Morgan fingerprint density at radius 1 is 1.00 bits per heavy atom. The summed E-state index contributed by atoms with van der Waals surface area (Å²) in [7, 11) is 3.53. The Balaban J connectivity index is 1.64. The standard InChI is InChI=1S/C23H26FN3O2/c1-15-8-4-5-9-17(15)21-19-14-26(22(28)18-10-6-7-11-20(18)24)12-16(19)13-27(21)23(29)25(2)3/h4-11,16,19,21H,12-14H2,1-3H3/t16-,19-,21+/m1/s1. The molecule has 0 N–H and O–H groups in total. The van der Waals surface area contributed by atoms with Crippen molar-refractivity contribution in [1.82, 2.24) is 14.7 Å². The number of halogens is 1. The molecule has 2 aliphatic rings. The Morgan fingerprint density at radius 2 is 1.69 bits per heavy atom. The molecule has 0 radical (unpaired) electrons. The number of urea groups is 1. The number of aryl methyl sites for hydroxylation is 1. The molecule has 0 aliphatic carbocycles. The number of carbonyl (C=O) groups excluding carboxylic acids is 2. The number of nitrogens with zero attached hydrogens (tertiary/aromatic N) is 3. The SMILES string of the molecule is Cc1ccccc1[C@H]1[C@@H]2CN(C(=O)c3ccccc3F)C[C@@H]2CN1C(=O)N(C)C. The van der Waals surface area contributed by atoms with Crippen LogP contribution in [0.3, 0.4) is 0 Å². The summed E-state index contributed by atoms with van der Waals surface area (Å²) in [6.45, 7) is 3.71. The van der Waals surface area contributed by atoms with E-state index < -0.39 is 5.82 Å². The van der Waals surface area contributed by atoms with Gasteiger partial charge in [-0.1, -0.05) is 36.4 Å². The molecular weight excluding hydrogens is 369 g/mol. The van der Waals surface area contributed by atoms with Gasteiger partial charge >= 0.3 is 6.03 Å². The molecule has 2 aromatic rings. The smallest absolute Gasteiger partial charge is 0.320 e. The number of rotatable bonds is 2. The monoisotopic (exact) mass is 395 g/mol. The van der Waals surface area contributed by atoms with Crippen molar-refractivity contribution in [1.29, 1.82) is 0 Å². The van der Waals surface area contributed by atoms with Gasteiger partial charge in [-0.2, -0.15) is 0 Å². The van der Waals surface area contributed by atoms with Crippen LogP contribution in [0, 0.1) is 24.6 Å². The minimum absolute atomic E-state index is 0.0142. The third-order valence-electron chi connectivity index (χ3n) is 6.19. The van der Waals surface area contributed by atoms with Crippen LogP contribution < -0.4 is 0 Å². The summed E-state index contributed by atoms with van der Waals surface area (Å²) in [4.78, 5) is 31.1. The van der Waals surface area contributed by atoms with Crippen molar-refractivity contribution in [2.24, 2.45) is 11.8 Å². The van der Waals surface area contributed by atoms with Crippen molar-refractivity contribution in [3.05, 3.63) is 71.0 Å². The molecule has 0 unspecified atom stereocenters. The highest BCUT2D eigenvalue weighted by Gasteiger charge is 2.50. The largest absolute Gasteiger partial charge is 0.338 e. The van der Waals surface area contributed by atoms with Crippen LogP contribution in [0.2, 0.25) is 0 Å². The molecule has 2 saturated heterocycles. The van der Waals surface area contributed by atoms with Gasteiger partial charge in [-0.3, -0.25) is 4.79 Å². The zero-order chi connectivity index (χ0) is 20.7. The number of likely N-dealkylation sites (tertiary alicyclic amines) is 2. The summed E-state index contributed by atoms with van der Waals surface area (Å²) in [5.74, 6) is -0.448. The average Bonchev–Trinajstić information content (AvgIpc) is 3.26. The number of amides is 3. The fourth-order valence-corrected chi connectivity index (χ4v) is 4.79. The first-order valence-corrected chi connectivity index (χ1v) is 9.95. The predicted octanol–water partition coefficient (Wildman–Crippen LogP) is 3.56. The van der Waals surface area contributed by atoms with Crippen LogP contribution in [0.4, 0.5) is 9.18 Å². The van der Waals surface area contributed by atoms with Gasteiger partial charge < -0.3 is 14.7 Å². The molecule has 0 bridgehead atoms. The molecular formula is C23H26FN3O2. The first-order valence-electron chi connectivity index (χ1n) is 9.95. The molecule has 29 heavy (non-hydrogen) atoms. The van der Waals surface area contributed by atoms with Gasteiger partial charge in [0.1, 0.15) is 5.82 Å². The lowest BCUT2D eigenvalue weighted by Crippen LogP contribution is -2.42. The Labute approximate surface area is 170 Å². The number of hydrogen-bond acceptors (Lipinski definition) is 2. The van der Waals surface area contributed by atoms with Crippen molar-refractivity contribution in [2.45, 2.75) is 13.0 Å². The quantitative estimate of drug-likeness (QED) is 0.780. The Bertz CT molecular complexity index is 945. The first kappa shape index (κ1) is 19.4. The van der Waals surface area contributed by atoms with Gasteiger partial charge in [0.2, 0.25) is 0 Å². The lowest BCUT2D eigenvalue weighted by molar-refractivity contribution is 0.0762. The molecule has 3 amide bonds. The van der Waals surface area contributed by atoms with Crippen LogP contribution in [0.1, 0.15) is 27.5 Å². The second-order valence-corrected chi connectivity index (χ2v) is 8.24. The average molecular weight is 395 g/mol. The molecule has 2 heterocycles. The molecule has 6 heteroatoms. The van der Waals surface area contributed by atoms with Crippen LogP contribution in [0.5, 0.6) is 0 Å². The van der Waals surface area contributed by atoms with Crippen molar-refractivity contribution < 1.29 is 14.0 Å². The summed E-state index contributed by atoms with van der Waals surface area (Å²) >= 11 is 0. The fourth-order valence-electron chi connectivity index (χ4n) is 4.79. The summed E-state index contributed by atoms with van der Waals surface area (Å²) < 4.78 is 14.1. The van der Waals surface area contributed by atoms with E-state index in [0.717, 1.165) is 11.1 Å². The maximum atomic E-state index is 14.1. The number of benzene rings is 2. The lowest BCUT2D eigenvalue weighted by atomic mass is 9.88. The van der Waals surface area contributed by atoms with E-state index in [1.165, 1.54) is 12.1 Å².